The summed E-state index contributed by atoms with van der Waals surface area (Å²) in [6, 6.07) is 11.2. The number of nitrogens with zero attached hydrogens (tertiary/aromatic N) is 3. The number of aryl methyl sites for hydroxylation is 1. The molecule has 1 aliphatic rings. The SMILES string of the molecule is Cc1noc(CC(NC(=O)NC(c2cncc(Br)c2)C2CC2)c2ccccc2)n1. The molecule has 2 aromatic heterocycles. The van der Waals surface area contributed by atoms with Crippen molar-refractivity contribution in [3.8, 4) is 0 Å². The fraction of sp³-hybridized carbons (Fsp3) is 0.333. The molecule has 2 heterocycles. The summed E-state index contributed by atoms with van der Waals surface area (Å²) in [5.41, 5.74) is 1.98. The van der Waals surface area contributed by atoms with E-state index in [0.717, 1.165) is 28.4 Å². The Labute approximate surface area is 177 Å². The fourth-order valence-electron chi connectivity index (χ4n) is 3.38. The van der Waals surface area contributed by atoms with E-state index in [1.54, 1.807) is 13.1 Å². The van der Waals surface area contributed by atoms with Crippen LogP contribution in [-0.2, 0) is 6.42 Å². The van der Waals surface area contributed by atoms with Crippen molar-refractivity contribution < 1.29 is 9.32 Å². The molecule has 0 saturated heterocycles. The Morgan fingerprint density at radius 2 is 2.00 bits per heavy atom. The largest absolute Gasteiger partial charge is 0.339 e. The van der Waals surface area contributed by atoms with Gasteiger partial charge in [-0.3, -0.25) is 4.98 Å². The lowest BCUT2D eigenvalue weighted by Gasteiger charge is -2.23. The third-order valence-electron chi connectivity index (χ3n) is 4.92. The molecule has 1 saturated carbocycles. The molecular formula is C21H22BrN5O2. The number of amides is 2. The number of nitrogens with one attached hydrogen (secondary N) is 2. The van der Waals surface area contributed by atoms with Gasteiger partial charge < -0.3 is 15.2 Å². The molecule has 2 N–H and O–H groups in total. The summed E-state index contributed by atoms with van der Waals surface area (Å²) in [5.74, 6) is 1.50. The molecule has 0 spiro atoms. The molecule has 1 fully saturated rings. The summed E-state index contributed by atoms with van der Waals surface area (Å²) in [4.78, 5) is 21.4. The van der Waals surface area contributed by atoms with E-state index in [0.29, 0.717) is 24.1 Å². The van der Waals surface area contributed by atoms with Gasteiger partial charge in [0.15, 0.2) is 5.82 Å². The molecule has 2 amide bonds. The minimum Gasteiger partial charge on any atom is -0.339 e. The van der Waals surface area contributed by atoms with Gasteiger partial charge in [0.2, 0.25) is 5.89 Å². The summed E-state index contributed by atoms with van der Waals surface area (Å²) in [6.07, 6.45) is 6.17. The van der Waals surface area contributed by atoms with Crippen LogP contribution in [0.15, 0.2) is 57.8 Å². The highest BCUT2D eigenvalue weighted by Gasteiger charge is 2.34. The van der Waals surface area contributed by atoms with Crippen LogP contribution in [-0.4, -0.2) is 21.2 Å². The van der Waals surface area contributed by atoms with Crippen molar-refractivity contribution in [2.24, 2.45) is 5.92 Å². The van der Waals surface area contributed by atoms with Crippen molar-refractivity contribution in [3.05, 3.63) is 76.1 Å². The van der Waals surface area contributed by atoms with Gasteiger partial charge in [0.1, 0.15) is 0 Å². The number of urea groups is 1. The Kier molecular flexibility index (Phi) is 5.89. The van der Waals surface area contributed by atoms with Crippen LogP contribution in [0.25, 0.3) is 0 Å². The number of rotatable bonds is 7. The molecule has 4 rings (SSSR count). The molecule has 0 radical (unpaired) electrons. The van der Waals surface area contributed by atoms with E-state index in [1.165, 1.54) is 0 Å². The molecule has 8 heteroatoms. The number of hydrogen-bond donors (Lipinski definition) is 2. The maximum atomic E-state index is 12.9. The molecular weight excluding hydrogens is 434 g/mol. The van der Waals surface area contributed by atoms with E-state index in [4.69, 9.17) is 4.52 Å². The van der Waals surface area contributed by atoms with Crippen LogP contribution < -0.4 is 10.6 Å². The normalized spacial score (nSPS) is 15.5. The maximum absolute atomic E-state index is 12.9. The Morgan fingerprint density at radius 1 is 1.21 bits per heavy atom. The zero-order valence-corrected chi connectivity index (χ0v) is 17.6. The molecule has 3 aromatic rings. The van der Waals surface area contributed by atoms with E-state index < -0.39 is 0 Å². The van der Waals surface area contributed by atoms with Crippen molar-refractivity contribution in [1.29, 1.82) is 0 Å². The molecule has 1 aromatic carbocycles. The second-order valence-corrected chi connectivity index (χ2v) is 8.19. The first kappa shape index (κ1) is 19.6. The molecule has 29 heavy (non-hydrogen) atoms. The topological polar surface area (TPSA) is 92.9 Å². The van der Waals surface area contributed by atoms with Crippen LogP contribution in [0.2, 0.25) is 0 Å². The highest BCUT2D eigenvalue weighted by atomic mass is 79.9. The first-order valence-corrected chi connectivity index (χ1v) is 10.4. The summed E-state index contributed by atoms with van der Waals surface area (Å²) < 4.78 is 6.16. The molecule has 7 nitrogen and oxygen atoms in total. The van der Waals surface area contributed by atoms with E-state index >= 15 is 0 Å². The Bertz CT molecular complexity index is 974. The monoisotopic (exact) mass is 455 g/mol. The summed E-state index contributed by atoms with van der Waals surface area (Å²) in [5, 5.41) is 10.1. The first-order valence-electron chi connectivity index (χ1n) is 9.60. The van der Waals surface area contributed by atoms with Gasteiger partial charge in [-0.25, -0.2) is 4.79 Å². The van der Waals surface area contributed by atoms with Gasteiger partial charge >= 0.3 is 6.03 Å². The van der Waals surface area contributed by atoms with E-state index in [2.05, 4.69) is 41.7 Å². The van der Waals surface area contributed by atoms with Crippen molar-refractivity contribution in [3.63, 3.8) is 0 Å². The third kappa shape index (κ3) is 5.20. The Hall–Kier alpha value is -2.74. The lowest BCUT2D eigenvalue weighted by Crippen LogP contribution is -2.41. The van der Waals surface area contributed by atoms with E-state index in [-0.39, 0.29) is 18.1 Å². The van der Waals surface area contributed by atoms with Crippen molar-refractivity contribution >= 4 is 22.0 Å². The maximum Gasteiger partial charge on any atom is 0.315 e. The molecule has 2 atom stereocenters. The molecule has 2 unspecified atom stereocenters. The van der Waals surface area contributed by atoms with Crippen LogP contribution in [0.3, 0.4) is 0 Å². The van der Waals surface area contributed by atoms with Crippen LogP contribution >= 0.6 is 15.9 Å². The van der Waals surface area contributed by atoms with Gasteiger partial charge in [0.05, 0.1) is 18.5 Å². The molecule has 0 bridgehead atoms. The van der Waals surface area contributed by atoms with E-state index in [1.807, 2.05) is 42.6 Å². The molecule has 0 aliphatic heterocycles. The quantitative estimate of drug-likeness (QED) is 0.554. The zero-order valence-electron chi connectivity index (χ0n) is 16.0. The number of carbonyl (C=O) groups is 1. The number of halogens is 1. The van der Waals surface area contributed by atoms with Crippen LogP contribution in [0, 0.1) is 12.8 Å². The van der Waals surface area contributed by atoms with Gasteiger partial charge in [-0.1, -0.05) is 35.5 Å². The summed E-state index contributed by atoms with van der Waals surface area (Å²) in [6.45, 7) is 1.77. The third-order valence-corrected chi connectivity index (χ3v) is 5.35. The smallest absolute Gasteiger partial charge is 0.315 e. The highest BCUT2D eigenvalue weighted by molar-refractivity contribution is 9.10. The van der Waals surface area contributed by atoms with Gasteiger partial charge in [-0.2, -0.15) is 4.98 Å². The minimum absolute atomic E-state index is 0.0675. The summed E-state index contributed by atoms with van der Waals surface area (Å²) >= 11 is 3.46. The lowest BCUT2D eigenvalue weighted by molar-refractivity contribution is 0.230. The zero-order chi connectivity index (χ0) is 20.2. The second kappa shape index (κ2) is 8.73. The first-order chi connectivity index (χ1) is 14.1. The summed E-state index contributed by atoms with van der Waals surface area (Å²) in [7, 11) is 0. The number of aromatic nitrogens is 3. The lowest BCUT2D eigenvalue weighted by atomic mass is 10.0. The predicted molar refractivity (Wildman–Crippen MR) is 111 cm³/mol. The number of hydrogen-bond acceptors (Lipinski definition) is 5. The number of benzene rings is 1. The van der Waals surface area contributed by atoms with Crippen molar-refractivity contribution in [2.45, 2.75) is 38.3 Å². The van der Waals surface area contributed by atoms with Crippen LogP contribution in [0.5, 0.6) is 0 Å². The van der Waals surface area contributed by atoms with Crippen LogP contribution in [0.4, 0.5) is 4.79 Å². The van der Waals surface area contributed by atoms with Gasteiger partial charge in [-0.15, -0.1) is 0 Å². The minimum atomic E-state index is -0.281. The van der Waals surface area contributed by atoms with Crippen LogP contribution in [0.1, 0.15) is 47.8 Å². The average Bonchev–Trinajstić information content (AvgIpc) is 3.48. The van der Waals surface area contributed by atoms with Gasteiger partial charge in [0, 0.05) is 16.9 Å². The molecule has 150 valence electrons. The van der Waals surface area contributed by atoms with Gasteiger partial charge in [-0.05, 0) is 58.8 Å². The number of carbonyl (C=O) groups excluding carboxylic acids is 1. The second-order valence-electron chi connectivity index (χ2n) is 7.27. The Balaban J connectivity index is 1.49. The number of pyridine rings is 1. The predicted octanol–water partition coefficient (Wildman–Crippen LogP) is 4.27. The fourth-order valence-corrected chi connectivity index (χ4v) is 3.76. The standard InChI is InChI=1S/C21H22BrN5O2/c1-13-24-19(29-27-13)10-18(14-5-3-2-4-6-14)25-21(28)26-20(15-7-8-15)16-9-17(22)12-23-11-16/h2-6,9,11-12,15,18,20H,7-8,10H2,1H3,(H2,25,26,28). The van der Waals surface area contributed by atoms with Crippen molar-refractivity contribution in [2.75, 3.05) is 0 Å². The van der Waals surface area contributed by atoms with Crippen molar-refractivity contribution in [1.82, 2.24) is 25.8 Å². The van der Waals surface area contributed by atoms with Gasteiger partial charge in [0.25, 0.3) is 0 Å². The van der Waals surface area contributed by atoms with E-state index in [9.17, 15) is 4.79 Å². The highest BCUT2D eigenvalue weighted by Crippen LogP contribution is 2.41. The molecule has 1 aliphatic carbocycles. The average molecular weight is 456 g/mol. The Morgan fingerprint density at radius 3 is 2.66 bits per heavy atom.